The zero-order valence-electron chi connectivity index (χ0n) is 11.7. The number of sulfonamides is 1. The summed E-state index contributed by atoms with van der Waals surface area (Å²) >= 11 is 0. The number of aromatic nitrogens is 2. The minimum Gasteiger partial charge on any atom is -0.280 e. The van der Waals surface area contributed by atoms with Gasteiger partial charge in [0.05, 0.1) is 4.92 Å². The number of nitro groups is 1. The molecule has 1 aromatic carbocycles. The van der Waals surface area contributed by atoms with E-state index in [-0.39, 0.29) is 10.7 Å². The van der Waals surface area contributed by atoms with Gasteiger partial charge in [0.1, 0.15) is 0 Å². The van der Waals surface area contributed by atoms with E-state index in [2.05, 4.69) is 14.9 Å². The SMILES string of the molecule is Cc1cccc([N+](=O)[O-])c1S(=O)(=O)Nc1n[nH]c(C)c1C. The molecule has 0 amide bonds. The van der Waals surface area contributed by atoms with Crippen molar-refractivity contribution >= 4 is 21.5 Å². The summed E-state index contributed by atoms with van der Waals surface area (Å²) in [6, 6.07) is 4.10. The Morgan fingerprint density at radius 2 is 1.95 bits per heavy atom. The number of aryl methyl sites for hydroxylation is 2. The highest BCUT2D eigenvalue weighted by atomic mass is 32.2. The van der Waals surface area contributed by atoms with Crippen molar-refractivity contribution in [3.63, 3.8) is 0 Å². The maximum Gasteiger partial charge on any atom is 0.290 e. The summed E-state index contributed by atoms with van der Waals surface area (Å²) in [5, 5.41) is 17.5. The van der Waals surface area contributed by atoms with Gasteiger partial charge in [0, 0.05) is 17.3 Å². The summed E-state index contributed by atoms with van der Waals surface area (Å²) < 4.78 is 27.2. The van der Waals surface area contributed by atoms with Crippen LogP contribution in [0.15, 0.2) is 23.1 Å². The lowest BCUT2D eigenvalue weighted by Gasteiger charge is -2.09. The molecule has 0 saturated heterocycles. The number of hydrogen-bond donors (Lipinski definition) is 2. The molecular formula is C12H14N4O4S. The smallest absolute Gasteiger partial charge is 0.280 e. The Kier molecular flexibility index (Phi) is 3.69. The fraction of sp³-hybridized carbons (Fsp3) is 0.250. The number of anilines is 1. The molecule has 21 heavy (non-hydrogen) atoms. The molecule has 0 atom stereocenters. The topological polar surface area (TPSA) is 118 Å². The number of nitrogens with zero attached hydrogens (tertiary/aromatic N) is 2. The van der Waals surface area contributed by atoms with Crippen molar-refractivity contribution in [1.29, 1.82) is 0 Å². The van der Waals surface area contributed by atoms with Crippen LogP contribution in [-0.4, -0.2) is 23.5 Å². The maximum atomic E-state index is 12.4. The van der Waals surface area contributed by atoms with Gasteiger partial charge in [-0.15, -0.1) is 0 Å². The highest BCUT2D eigenvalue weighted by molar-refractivity contribution is 7.93. The van der Waals surface area contributed by atoms with Crippen molar-refractivity contribution in [2.45, 2.75) is 25.7 Å². The van der Waals surface area contributed by atoms with Gasteiger partial charge in [-0.1, -0.05) is 12.1 Å². The quantitative estimate of drug-likeness (QED) is 0.661. The van der Waals surface area contributed by atoms with Crippen molar-refractivity contribution < 1.29 is 13.3 Å². The van der Waals surface area contributed by atoms with Crippen LogP contribution in [0.4, 0.5) is 11.5 Å². The first-order valence-corrected chi connectivity index (χ1v) is 7.50. The molecular weight excluding hydrogens is 296 g/mol. The number of nitro benzene ring substituents is 1. The minimum atomic E-state index is -4.10. The molecule has 0 fully saturated rings. The van der Waals surface area contributed by atoms with Crippen molar-refractivity contribution in [3.8, 4) is 0 Å². The minimum absolute atomic E-state index is 0.130. The largest absolute Gasteiger partial charge is 0.290 e. The molecule has 8 nitrogen and oxygen atoms in total. The molecule has 0 radical (unpaired) electrons. The van der Waals surface area contributed by atoms with Gasteiger partial charge >= 0.3 is 0 Å². The van der Waals surface area contributed by atoms with Gasteiger partial charge in [-0.2, -0.15) is 5.10 Å². The van der Waals surface area contributed by atoms with Gasteiger partial charge < -0.3 is 0 Å². The lowest BCUT2D eigenvalue weighted by molar-refractivity contribution is -0.387. The third-order valence-corrected chi connectivity index (χ3v) is 4.67. The molecule has 0 saturated carbocycles. The van der Waals surface area contributed by atoms with Gasteiger partial charge in [0.25, 0.3) is 15.7 Å². The first-order chi connectivity index (χ1) is 9.74. The van der Waals surface area contributed by atoms with Crippen molar-refractivity contribution in [1.82, 2.24) is 10.2 Å². The number of rotatable bonds is 4. The van der Waals surface area contributed by atoms with Crippen molar-refractivity contribution in [3.05, 3.63) is 45.1 Å². The lowest BCUT2D eigenvalue weighted by atomic mass is 10.2. The van der Waals surface area contributed by atoms with E-state index in [1.807, 2.05) is 0 Å². The van der Waals surface area contributed by atoms with Crippen LogP contribution in [0.25, 0.3) is 0 Å². The molecule has 0 aliphatic rings. The second kappa shape index (κ2) is 5.17. The zero-order chi connectivity index (χ0) is 15.8. The van der Waals surface area contributed by atoms with Crippen molar-refractivity contribution in [2.75, 3.05) is 4.72 Å². The van der Waals surface area contributed by atoms with Gasteiger partial charge in [0.15, 0.2) is 10.7 Å². The second-order valence-electron chi connectivity index (χ2n) is 4.61. The van der Waals surface area contributed by atoms with E-state index in [4.69, 9.17) is 0 Å². The molecule has 2 aromatic rings. The van der Waals surface area contributed by atoms with Crippen LogP contribution in [0, 0.1) is 30.9 Å². The normalized spacial score (nSPS) is 11.4. The number of nitrogens with one attached hydrogen (secondary N) is 2. The molecule has 0 aliphatic heterocycles. The number of hydrogen-bond acceptors (Lipinski definition) is 5. The summed E-state index contributed by atoms with van der Waals surface area (Å²) in [4.78, 5) is 9.97. The molecule has 9 heteroatoms. The predicted molar refractivity (Wildman–Crippen MR) is 76.7 cm³/mol. The molecule has 0 spiro atoms. The van der Waals surface area contributed by atoms with E-state index in [1.54, 1.807) is 13.8 Å². The number of benzene rings is 1. The average molecular weight is 310 g/mol. The van der Waals surface area contributed by atoms with Crippen LogP contribution in [0.2, 0.25) is 0 Å². The molecule has 112 valence electrons. The second-order valence-corrected chi connectivity index (χ2v) is 6.23. The van der Waals surface area contributed by atoms with Gasteiger partial charge in [-0.3, -0.25) is 19.9 Å². The third-order valence-electron chi connectivity index (χ3n) is 3.14. The molecule has 0 unspecified atom stereocenters. The van der Waals surface area contributed by atoms with Crippen LogP contribution in [0.5, 0.6) is 0 Å². The fourth-order valence-electron chi connectivity index (χ4n) is 1.89. The third kappa shape index (κ3) is 2.72. The van der Waals surface area contributed by atoms with E-state index in [0.29, 0.717) is 16.8 Å². The summed E-state index contributed by atoms with van der Waals surface area (Å²) in [6.07, 6.45) is 0. The first kappa shape index (κ1) is 15.0. The highest BCUT2D eigenvalue weighted by Gasteiger charge is 2.28. The summed E-state index contributed by atoms with van der Waals surface area (Å²) in [6.45, 7) is 4.95. The summed E-state index contributed by atoms with van der Waals surface area (Å²) in [5.74, 6) is 0.130. The van der Waals surface area contributed by atoms with E-state index < -0.39 is 20.6 Å². The predicted octanol–water partition coefficient (Wildman–Crippen LogP) is 2.04. The van der Waals surface area contributed by atoms with E-state index in [9.17, 15) is 18.5 Å². The zero-order valence-corrected chi connectivity index (χ0v) is 12.5. The van der Waals surface area contributed by atoms with Crippen LogP contribution >= 0.6 is 0 Å². The molecule has 0 bridgehead atoms. The van der Waals surface area contributed by atoms with Crippen LogP contribution < -0.4 is 4.72 Å². The molecule has 1 aromatic heterocycles. The Hall–Kier alpha value is -2.42. The lowest BCUT2D eigenvalue weighted by Crippen LogP contribution is -2.17. The van der Waals surface area contributed by atoms with Gasteiger partial charge in [-0.05, 0) is 26.3 Å². The Morgan fingerprint density at radius 3 is 2.48 bits per heavy atom. The molecule has 1 heterocycles. The Balaban J connectivity index is 2.55. The fourth-order valence-corrected chi connectivity index (χ4v) is 3.36. The maximum absolute atomic E-state index is 12.4. The van der Waals surface area contributed by atoms with Crippen LogP contribution in [0.1, 0.15) is 16.8 Å². The van der Waals surface area contributed by atoms with Gasteiger partial charge in [-0.25, -0.2) is 8.42 Å². The van der Waals surface area contributed by atoms with E-state index in [1.165, 1.54) is 19.1 Å². The Bertz CT molecular complexity index is 811. The molecule has 2 N–H and O–H groups in total. The number of aromatic amines is 1. The Labute approximate surface area is 121 Å². The van der Waals surface area contributed by atoms with Crippen LogP contribution in [0.3, 0.4) is 0 Å². The van der Waals surface area contributed by atoms with E-state index in [0.717, 1.165) is 6.07 Å². The van der Waals surface area contributed by atoms with E-state index >= 15 is 0 Å². The summed E-state index contributed by atoms with van der Waals surface area (Å²) in [5.41, 5.74) is 1.18. The van der Waals surface area contributed by atoms with Crippen molar-refractivity contribution in [2.24, 2.45) is 0 Å². The average Bonchev–Trinajstić information content (AvgIpc) is 2.69. The molecule has 0 aliphatic carbocycles. The number of H-pyrrole nitrogens is 1. The van der Waals surface area contributed by atoms with Crippen LogP contribution in [-0.2, 0) is 10.0 Å². The standard InChI is InChI=1S/C12H14N4O4S/c1-7-5-4-6-10(16(17)18)11(7)21(19,20)15-12-8(2)9(3)13-14-12/h4-6H,1-3H3,(H2,13,14,15). The highest BCUT2D eigenvalue weighted by Crippen LogP contribution is 2.29. The monoisotopic (exact) mass is 310 g/mol. The Morgan fingerprint density at radius 1 is 1.29 bits per heavy atom. The van der Waals surface area contributed by atoms with Gasteiger partial charge in [0.2, 0.25) is 0 Å². The first-order valence-electron chi connectivity index (χ1n) is 6.02. The molecule has 2 rings (SSSR count). The summed E-state index contributed by atoms with van der Waals surface area (Å²) in [7, 11) is -4.10.